The van der Waals surface area contributed by atoms with E-state index in [9.17, 15) is 4.79 Å². The lowest BCUT2D eigenvalue weighted by Gasteiger charge is -2.19. The average molecular weight is 339 g/mol. The lowest BCUT2D eigenvalue weighted by atomic mass is 10.2. The molecule has 124 valence electrons. The van der Waals surface area contributed by atoms with Crippen molar-refractivity contribution in [3.8, 4) is 17.6 Å². The van der Waals surface area contributed by atoms with Gasteiger partial charge in [0.25, 0.3) is 0 Å². The quantitative estimate of drug-likeness (QED) is 0.600. The summed E-state index contributed by atoms with van der Waals surface area (Å²) in [5, 5.41) is 0. The van der Waals surface area contributed by atoms with Crippen LogP contribution in [0.3, 0.4) is 0 Å². The van der Waals surface area contributed by atoms with Crippen molar-refractivity contribution < 1.29 is 9.53 Å². The summed E-state index contributed by atoms with van der Waals surface area (Å²) in [4.78, 5) is 14.7. The highest BCUT2D eigenvalue weighted by Gasteiger charge is 2.15. The van der Waals surface area contributed by atoms with E-state index in [0.29, 0.717) is 18.8 Å². The maximum atomic E-state index is 12.2. The first-order chi connectivity index (χ1) is 11.7. The SMILES string of the molecule is CCN(CC)C(=O)Oc1cccc(C#Cc2ccccc2)c1SC. The predicted molar refractivity (Wildman–Crippen MR) is 99.6 cm³/mol. The van der Waals surface area contributed by atoms with Gasteiger partial charge >= 0.3 is 6.09 Å². The van der Waals surface area contributed by atoms with Gasteiger partial charge in [-0.05, 0) is 44.4 Å². The van der Waals surface area contributed by atoms with Crippen molar-refractivity contribution in [2.75, 3.05) is 19.3 Å². The highest BCUT2D eigenvalue weighted by Crippen LogP contribution is 2.31. The van der Waals surface area contributed by atoms with Crippen LogP contribution in [0, 0.1) is 11.8 Å². The van der Waals surface area contributed by atoms with Gasteiger partial charge < -0.3 is 9.64 Å². The van der Waals surface area contributed by atoms with Crippen LogP contribution in [0.1, 0.15) is 25.0 Å². The third-order valence-corrected chi connectivity index (χ3v) is 4.35. The van der Waals surface area contributed by atoms with Gasteiger partial charge in [0.05, 0.1) is 4.90 Å². The van der Waals surface area contributed by atoms with Crippen molar-refractivity contribution in [2.45, 2.75) is 18.7 Å². The van der Waals surface area contributed by atoms with E-state index in [4.69, 9.17) is 4.74 Å². The summed E-state index contributed by atoms with van der Waals surface area (Å²) in [5.74, 6) is 6.88. The smallest absolute Gasteiger partial charge is 0.409 e. The number of hydrogen-bond acceptors (Lipinski definition) is 3. The molecule has 24 heavy (non-hydrogen) atoms. The van der Waals surface area contributed by atoms with Gasteiger partial charge in [0.1, 0.15) is 5.75 Å². The number of rotatable bonds is 4. The summed E-state index contributed by atoms with van der Waals surface area (Å²) in [6, 6.07) is 15.4. The average Bonchev–Trinajstić information content (AvgIpc) is 2.62. The molecule has 2 rings (SSSR count). The Morgan fingerprint density at radius 3 is 2.38 bits per heavy atom. The fourth-order valence-corrected chi connectivity index (χ4v) is 2.86. The van der Waals surface area contributed by atoms with Crippen LogP contribution in [0.2, 0.25) is 0 Å². The highest BCUT2D eigenvalue weighted by atomic mass is 32.2. The topological polar surface area (TPSA) is 29.5 Å². The molecule has 0 N–H and O–H groups in total. The third kappa shape index (κ3) is 4.56. The molecule has 0 fully saturated rings. The Balaban J connectivity index is 2.29. The summed E-state index contributed by atoms with van der Waals surface area (Å²) in [5.41, 5.74) is 1.81. The second kappa shape index (κ2) is 9.05. The summed E-state index contributed by atoms with van der Waals surface area (Å²) in [6.07, 6.45) is 1.63. The second-order valence-electron chi connectivity index (χ2n) is 4.99. The van der Waals surface area contributed by atoms with Crippen molar-refractivity contribution >= 4 is 17.9 Å². The minimum absolute atomic E-state index is 0.330. The van der Waals surface area contributed by atoms with Gasteiger partial charge in [-0.2, -0.15) is 0 Å². The van der Waals surface area contributed by atoms with Gasteiger partial charge in [-0.25, -0.2) is 4.79 Å². The molecule has 0 unspecified atom stereocenters. The minimum atomic E-state index is -0.330. The lowest BCUT2D eigenvalue weighted by molar-refractivity contribution is 0.156. The zero-order chi connectivity index (χ0) is 17.4. The van der Waals surface area contributed by atoms with Gasteiger partial charge in [-0.3, -0.25) is 0 Å². The van der Waals surface area contributed by atoms with Crippen LogP contribution in [-0.2, 0) is 0 Å². The first kappa shape index (κ1) is 18.0. The van der Waals surface area contributed by atoms with Crippen LogP contribution in [0.5, 0.6) is 5.75 Å². The Morgan fingerprint density at radius 1 is 1.04 bits per heavy atom. The second-order valence-corrected chi connectivity index (χ2v) is 5.81. The summed E-state index contributed by atoms with van der Waals surface area (Å²) >= 11 is 1.53. The number of hydrogen-bond donors (Lipinski definition) is 0. The molecule has 0 heterocycles. The number of amides is 1. The van der Waals surface area contributed by atoms with Gasteiger partial charge in [0.15, 0.2) is 0 Å². The molecule has 0 aliphatic heterocycles. The molecule has 0 saturated heterocycles. The number of carbonyl (C=O) groups is 1. The number of carbonyl (C=O) groups excluding carboxylic acids is 1. The van der Waals surface area contributed by atoms with E-state index in [1.54, 1.807) is 11.0 Å². The van der Waals surface area contributed by atoms with E-state index in [2.05, 4.69) is 11.8 Å². The summed E-state index contributed by atoms with van der Waals surface area (Å²) in [6.45, 7) is 5.11. The predicted octanol–water partition coefficient (Wildman–Crippen LogP) is 4.65. The largest absolute Gasteiger partial charge is 0.415 e. The number of thioether (sulfide) groups is 1. The number of benzene rings is 2. The molecule has 0 radical (unpaired) electrons. The zero-order valence-electron chi connectivity index (χ0n) is 14.2. The Bertz CT molecular complexity index is 743. The van der Waals surface area contributed by atoms with Crippen LogP contribution in [-0.4, -0.2) is 30.3 Å². The first-order valence-corrected chi connectivity index (χ1v) is 9.12. The molecule has 0 spiro atoms. The molecule has 4 heteroatoms. The van der Waals surface area contributed by atoms with E-state index >= 15 is 0 Å². The lowest BCUT2D eigenvalue weighted by Crippen LogP contribution is -2.33. The van der Waals surface area contributed by atoms with Crippen molar-refractivity contribution in [1.29, 1.82) is 0 Å². The van der Waals surface area contributed by atoms with Gasteiger partial charge in [0.2, 0.25) is 0 Å². The Kier molecular flexibility index (Phi) is 6.77. The number of nitrogens with zero attached hydrogens (tertiary/aromatic N) is 1. The van der Waals surface area contributed by atoms with E-state index in [1.807, 2.05) is 62.6 Å². The highest BCUT2D eigenvalue weighted by molar-refractivity contribution is 7.98. The maximum Gasteiger partial charge on any atom is 0.415 e. The van der Waals surface area contributed by atoms with Crippen LogP contribution in [0.25, 0.3) is 0 Å². The van der Waals surface area contributed by atoms with E-state index in [-0.39, 0.29) is 6.09 Å². The monoisotopic (exact) mass is 339 g/mol. The Morgan fingerprint density at radius 2 is 1.75 bits per heavy atom. The van der Waals surface area contributed by atoms with E-state index < -0.39 is 0 Å². The molecule has 0 aliphatic carbocycles. The van der Waals surface area contributed by atoms with E-state index in [1.165, 1.54) is 11.8 Å². The minimum Gasteiger partial charge on any atom is -0.409 e. The molecule has 0 saturated carbocycles. The van der Waals surface area contributed by atoms with Crippen LogP contribution >= 0.6 is 11.8 Å². The molecular formula is C20H21NO2S. The molecule has 0 atom stereocenters. The Hall–Kier alpha value is -2.38. The van der Waals surface area contributed by atoms with Crippen molar-refractivity contribution in [3.63, 3.8) is 0 Å². The van der Waals surface area contributed by atoms with Crippen molar-refractivity contribution in [1.82, 2.24) is 4.90 Å². The summed E-state index contributed by atoms with van der Waals surface area (Å²) < 4.78 is 5.57. The van der Waals surface area contributed by atoms with Gasteiger partial charge in [0, 0.05) is 24.2 Å². The normalized spacial score (nSPS) is 9.79. The molecule has 1 amide bonds. The fraction of sp³-hybridized carbons (Fsp3) is 0.250. The molecule has 2 aromatic rings. The maximum absolute atomic E-state index is 12.2. The molecule has 3 nitrogen and oxygen atoms in total. The van der Waals surface area contributed by atoms with Crippen LogP contribution in [0.15, 0.2) is 53.4 Å². The van der Waals surface area contributed by atoms with Crippen molar-refractivity contribution in [3.05, 3.63) is 59.7 Å². The molecule has 2 aromatic carbocycles. The third-order valence-electron chi connectivity index (χ3n) is 3.52. The van der Waals surface area contributed by atoms with Crippen LogP contribution in [0.4, 0.5) is 4.79 Å². The summed E-state index contributed by atoms with van der Waals surface area (Å²) in [7, 11) is 0. The van der Waals surface area contributed by atoms with E-state index in [0.717, 1.165) is 16.0 Å². The molecule has 0 aliphatic rings. The molecule has 0 bridgehead atoms. The van der Waals surface area contributed by atoms with Crippen molar-refractivity contribution in [2.24, 2.45) is 0 Å². The van der Waals surface area contributed by atoms with Gasteiger partial charge in [-0.1, -0.05) is 36.1 Å². The Labute approximate surface area is 148 Å². The van der Waals surface area contributed by atoms with Gasteiger partial charge in [-0.15, -0.1) is 11.8 Å². The zero-order valence-corrected chi connectivity index (χ0v) is 15.0. The fourth-order valence-electron chi connectivity index (χ4n) is 2.21. The first-order valence-electron chi connectivity index (χ1n) is 7.90. The standard InChI is InChI=1S/C20H21NO2S/c1-4-21(5-2)20(22)23-18-13-9-12-17(19(18)24-3)15-14-16-10-7-6-8-11-16/h6-13H,4-5H2,1-3H3. The van der Waals surface area contributed by atoms with Crippen LogP contribution < -0.4 is 4.74 Å². The number of ether oxygens (including phenoxy) is 1. The molecule has 0 aromatic heterocycles. The molecular weight excluding hydrogens is 318 g/mol.